The summed E-state index contributed by atoms with van der Waals surface area (Å²) < 4.78 is 7.13. The third kappa shape index (κ3) is 3.77. The number of halogens is 1. The van der Waals surface area contributed by atoms with Crippen LogP contribution in [0.3, 0.4) is 0 Å². The average Bonchev–Trinajstić information content (AvgIpc) is 2.55. The van der Waals surface area contributed by atoms with Crippen molar-refractivity contribution >= 4 is 34.8 Å². The van der Waals surface area contributed by atoms with Gasteiger partial charge in [-0.05, 0) is 23.5 Å². The van der Waals surface area contributed by atoms with Crippen LogP contribution in [0.2, 0.25) is 0 Å². The van der Waals surface area contributed by atoms with Crippen molar-refractivity contribution in [2.75, 3.05) is 0 Å². The van der Waals surface area contributed by atoms with Crippen molar-refractivity contribution < 1.29 is 14.3 Å². The Hall–Kier alpha value is -0.650. The predicted octanol–water partition coefficient (Wildman–Crippen LogP) is 2.55. The van der Waals surface area contributed by atoms with Gasteiger partial charge in [-0.1, -0.05) is 28.2 Å². The van der Waals surface area contributed by atoms with Crippen LogP contribution in [-0.4, -0.2) is 18.4 Å². The van der Waals surface area contributed by atoms with Crippen LogP contribution >= 0.6 is 22.6 Å². The van der Waals surface area contributed by atoms with Gasteiger partial charge in [0.15, 0.2) is 0 Å². The third-order valence-electron chi connectivity index (χ3n) is 2.15. The molecule has 0 saturated heterocycles. The number of carbonyl (C=O) groups excluding carboxylic acids is 2. The highest BCUT2D eigenvalue weighted by molar-refractivity contribution is 14.1. The molecule has 0 saturated carbocycles. The molecular formula is C11H13IO3. The number of aldehydes is 1. The van der Waals surface area contributed by atoms with E-state index in [1.807, 2.05) is 17.1 Å². The summed E-state index contributed by atoms with van der Waals surface area (Å²) in [5, 5.41) is 0. The molecule has 0 aromatic rings. The summed E-state index contributed by atoms with van der Waals surface area (Å²) in [6.45, 7) is 2.00. The van der Waals surface area contributed by atoms with Gasteiger partial charge in [0.2, 0.25) is 0 Å². The summed E-state index contributed by atoms with van der Waals surface area (Å²) >= 11 is 2.16. The van der Waals surface area contributed by atoms with E-state index < -0.39 is 0 Å². The first kappa shape index (κ1) is 12.4. The van der Waals surface area contributed by atoms with Crippen LogP contribution in [0.25, 0.3) is 0 Å². The lowest BCUT2D eigenvalue weighted by Gasteiger charge is -2.06. The normalized spacial score (nSPS) is 21.2. The number of hydrogen-bond donors (Lipinski definition) is 0. The minimum absolute atomic E-state index is 0.148. The quantitative estimate of drug-likeness (QED) is 0.444. The van der Waals surface area contributed by atoms with Gasteiger partial charge < -0.3 is 9.53 Å². The SMILES string of the molecule is C/C(=C/I)CC1C=C(CCC=O)C(=O)O1. The van der Waals surface area contributed by atoms with Gasteiger partial charge in [-0.3, -0.25) is 0 Å². The average molecular weight is 320 g/mol. The van der Waals surface area contributed by atoms with E-state index in [1.54, 1.807) is 0 Å². The summed E-state index contributed by atoms with van der Waals surface area (Å²) in [5.41, 5.74) is 1.81. The van der Waals surface area contributed by atoms with Gasteiger partial charge in [0.25, 0.3) is 0 Å². The highest BCUT2D eigenvalue weighted by Gasteiger charge is 2.24. The monoisotopic (exact) mass is 320 g/mol. The molecule has 4 heteroatoms. The summed E-state index contributed by atoms with van der Waals surface area (Å²) in [7, 11) is 0. The Morgan fingerprint density at radius 2 is 2.40 bits per heavy atom. The van der Waals surface area contributed by atoms with Crippen molar-refractivity contribution in [1.29, 1.82) is 0 Å². The number of esters is 1. The molecule has 1 atom stereocenters. The minimum Gasteiger partial charge on any atom is -0.454 e. The van der Waals surface area contributed by atoms with Crippen molar-refractivity contribution in [3.05, 3.63) is 21.3 Å². The minimum atomic E-state index is -0.275. The van der Waals surface area contributed by atoms with Crippen LogP contribution in [0.1, 0.15) is 26.2 Å². The van der Waals surface area contributed by atoms with E-state index in [4.69, 9.17) is 4.74 Å². The van der Waals surface area contributed by atoms with Crippen LogP contribution in [0.5, 0.6) is 0 Å². The van der Waals surface area contributed by atoms with Crippen molar-refractivity contribution in [1.82, 2.24) is 0 Å². The molecule has 1 heterocycles. The van der Waals surface area contributed by atoms with Crippen LogP contribution < -0.4 is 0 Å². The summed E-state index contributed by atoms with van der Waals surface area (Å²) in [6.07, 6.45) is 4.11. The number of ether oxygens (including phenoxy) is 1. The fourth-order valence-electron chi connectivity index (χ4n) is 1.40. The molecule has 1 unspecified atom stereocenters. The molecule has 82 valence electrons. The van der Waals surface area contributed by atoms with E-state index in [1.165, 1.54) is 5.57 Å². The molecule has 3 nitrogen and oxygen atoms in total. The summed E-state index contributed by atoms with van der Waals surface area (Å²) in [6, 6.07) is 0. The lowest BCUT2D eigenvalue weighted by atomic mass is 10.1. The molecule has 0 N–H and O–H groups in total. The first-order valence-electron chi connectivity index (χ1n) is 4.78. The zero-order chi connectivity index (χ0) is 11.3. The molecular weight excluding hydrogens is 307 g/mol. The van der Waals surface area contributed by atoms with E-state index in [2.05, 4.69) is 22.6 Å². The smallest absolute Gasteiger partial charge is 0.334 e. The van der Waals surface area contributed by atoms with E-state index >= 15 is 0 Å². The van der Waals surface area contributed by atoms with Gasteiger partial charge >= 0.3 is 5.97 Å². The molecule has 0 radical (unpaired) electrons. The largest absolute Gasteiger partial charge is 0.454 e. The molecule has 0 aromatic heterocycles. The fourth-order valence-corrected chi connectivity index (χ4v) is 1.66. The lowest BCUT2D eigenvalue weighted by Crippen LogP contribution is -2.08. The van der Waals surface area contributed by atoms with E-state index in [9.17, 15) is 9.59 Å². The maximum absolute atomic E-state index is 11.3. The Bertz CT molecular complexity index is 318. The number of cyclic esters (lactones) is 1. The van der Waals surface area contributed by atoms with Gasteiger partial charge in [0.05, 0.1) is 0 Å². The molecule has 1 rings (SSSR count). The Kier molecular flexibility index (Phi) is 5.01. The fraction of sp³-hybridized carbons (Fsp3) is 0.455. The van der Waals surface area contributed by atoms with Crippen molar-refractivity contribution in [3.63, 3.8) is 0 Å². The van der Waals surface area contributed by atoms with E-state index in [0.29, 0.717) is 18.4 Å². The highest BCUT2D eigenvalue weighted by atomic mass is 127. The third-order valence-corrected chi connectivity index (χ3v) is 3.21. The Morgan fingerprint density at radius 1 is 1.67 bits per heavy atom. The van der Waals surface area contributed by atoms with E-state index in [-0.39, 0.29) is 12.1 Å². The van der Waals surface area contributed by atoms with Gasteiger partial charge in [0, 0.05) is 18.4 Å². The Balaban J connectivity index is 2.54. The van der Waals surface area contributed by atoms with Gasteiger partial charge in [-0.15, -0.1) is 0 Å². The molecule has 0 spiro atoms. The van der Waals surface area contributed by atoms with Crippen LogP contribution in [0, 0.1) is 0 Å². The topological polar surface area (TPSA) is 43.4 Å². The van der Waals surface area contributed by atoms with Gasteiger partial charge in [-0.25, -0.2) is 4.79 Å². The second-order valence-corrected chi connectivity index (χ2v) is 4.12. The van der Waals surface area contributed by atoms with Crippen molar-refractivity contribution in [2.24, 2.45) is 0 Å². The maximum atomic E-state index is 11.3. The zero-order valence-electron chi connectivity index (χ0n) is 8.53. The number of carbonyl (C=O) groups is 2. The van der Waals surface area contributed by atoms with Gasteiger partial charge in [0.1, 0.15) is 12.4 Å². The Labute approximate surface area is 103 Å². The second-order valence-electron chi connectivity index (χ2n) is 3.50. The summed E-state index contributed by atoms with van der Waals surface area (Å²) in [4.78, 5) is 21.5. The number of rotatable bonds is 5. The molecule has 0 bridgehead atoms. The molecule has 0 amide bonds. The predicted molar refractivity (Wildman–Crippen MR) is 65.7 cm³/mol. The molecule has 0 aromatic carbocycles. The highest BCUT2D eigenvalue weighted by Crippen LogP contribution is 2.22. The van der Waals surface area contributed by atoms with Gasteiger partial charge in [-0.2, -0.15) is 0 Å². The first-order chi connectivity index (χ1) is 7.17. The van der Waals surface area contributed by atoms with Crippen LogP contribution in [-0.2, 0) is 14.3 Å². The van der Waals surface area contributed by atoms with Crippen LogP contribution in [0.15, 0.2) is 21.3 Å². The summed E-state index contributed by atoms with van der Waals surface area (Å²) in [5.74, 6) is -0.275. The molecule has 1 aliphatic rings. The second kappa shape index (κ2) is 6.05. The zero-order valence-corrected chi connectivity index (χ0v) is 10.7. The van der Waals surface area contributed by atoms with Crippen LogP contribution in [0.4, 0.5) is 0 Å². The first-order valence-corrected chi connectivity index (χ1v) is 6.03. The number of hydrogen-bond acceptors (Lipinski definition) is 3. The Morgan fingerprint density at radius 3 is 3.00 bits per heavy atom. The molecule has 0 fully saturated rings. The van der Waals surface area contributed by atoms with E-state index in [0.717, 1.165) is 12.7 Å². The lowest BCUT2D eigenvalue weighted by molar-refractivity contribution is -0.139. The molecule has 15 heavy (non-hydrogen) atoms. The molecule has 1 aliphatic heterocycles. The molecule has 0 aliphatic carbocycles. The maximum Gasteiger partial charge on any atom is 0.334 e. The van der Waals surface area contributed by atoms with Crippen molar-refractivity contribution in [3.8, 4) is 0 Å². The van der Waals surface area contributed by atoms with Crippen molar-refractivity contribution in [2.45, 2.75) is 32.3 Å². The standard InChI is InChI=1S/C11H13IO3/c1-8(7-12)5-10-6-9(3-2-4-13)11(14)15-10/h4,6-7,10H,2-3,5H2,1H3/b8-7-.